The number of aryl methyl sites for hydroxylation is 1. The van der Waals surface area contributed by atoms with Crippen molar-refractivity contribution < 1.29 is 22.3 Å². The van der Waals surface area contributed by atoms with E-state index in [0.29, 0.717) is 22.0 Å². The Labute approximate surface area is 202 Å². The number of hydrogen-bond donors (Lipinski definition) is 2. The van der Waals surface area contributed by atoms with Gasteiger partial charge in [0.05, 0.1) is 0 Å². The van der Waals surface area contributed by atoms with Crippen LogP contribution in [0.15, 0.2) is 59.7 Å². The van der Waals surface area contributed by atoms with Crippen LogP contribution in [0.4, 0.5) is 8.78 Å². The van der Waals surface area contributed by atoms with E-state index in [4.69, 9.17) is 4.74 Å². The van der Waals surface area contributed by atoms with Crippen molar-refractivity contribution in [2.45, 2.75) is 6.04 Å². The second-order valence-corrected chi connectivity index (χ2v) is 8.98. The number of fused-ring (bicyclic) bond motifs is 1. The first kappa shape index (κ1) is 24.7. The summed E-state index contributed by atoms with van der Waals surface area (Å²) in [7, 11) is 5.25. The second-order valence-electron chi connectivity index (χ2n) is 8.22. The monoisotopic (exact) mass is 501 g/mol. The normalized spacial score (nSPS) is 13.3. The van der Waals surface area contributed by atoms with E-state index in [1.54, 1.807) is 37.6 Å². The molecule has 0 aliphatic rings. The van der Waals surface area contributed by atoms with Gasteiger partial charge >= 0.3 is 0 Å². The molecule has 0 amide bonds. The molecule has 0 fully saturated rings. The van der Waals surface area contributed by atoms with E-state index in [9.17, 15) is 22.3 Å². The predicted octanol–water partition coefficient (Wildman–Crippen LogP) is 3.59. The molecule has 184 valence electrons. The lowest BCUT2D eigenvalue weighted by molar-refractivity contribution is 0.298. The Hall–Kier alpha value is -3.38. The minimum Gasteiger partial charge on any atom is -0.760 e. The first-order chi connectivity index (χ1) is 16.7. The van der Waals surface area contributed by atoms with Gasteiger partial charge in [0.1, 0.15) is 17.1 Å². The number of aromatic nitrogens is 2. The van der Waals surface area contributed by atoms with Gasteiger partial charge < -0.3 is 23.7 Å². The molecular formula is C24H23F2N4O4S-. The van der Waals surface area contributed by atoms with Gasteiger partial charge in [0.15, 0.2) is 11.6 Å². The van der Waals surface area contributed by atoms with Crippen molar-refractivity contribution in [3.63, 3.8) is 0 Å². The number of hydrogen-bond acceptors (Lipinski definition) is 5. The third-order valence-corrected chi connectivity index (χ3v) is 6.11. The lowest BCUT2D eigenvalue weighted by Gasteiger charge is -2.26. The molecule has 2 heterocycles. The predicted molar refractivity (Wildman–Crippen MR) is 129 cm³/mol. The highest BCUT2D eigenvalue weighted by Crippen LogP contribution is 2.39. The van der Waals surface area contributed by atoms with Crippen molar-refractivity contribution in [3.8, 4) is 22.6 Å². The van der Waals surface area contributed by atoms with Crippen LogP contribution in [0.25, 0.3) is 22.0 Å². The van der Waals surface area contributed by atoms with Gasteiger partial charge in [0.25, 0.3) is 5.56 Å². The molecule has 0 spiro atoms. The summed E-state index contributed by atoms with van der Waals surface area (Å²) in [5, 5.41) is 0.634. The van der Waals surface area contributed by atoms with E-state index in [-0.39, 0.29) is 29.6 Å². The molecule has 0 radical (unpaired) electrons. The van der Waals surface area contributed by atoms with Gasteiger partial charge in [-0.2, -0.15) is 0 Å². The number of pyridine rings is 1. The number of rotatable bonds is 8. The molecule has 35 heavy (non-hydrogen) atoms. The van der Waals surface area contributed by atoms with Crippen molar-refractivity contribution in [1.82, 2.24) is 19.2 Å². The van der Waals surface area contributed by atoms with Crippen molar-refractivity contribution in [3.05, 3.63) is 82.4 Å². The van der Waals surface area contributed by atoms with E-state index in [0.717, 1.165) is 17.7 Å². The zero-order valence-corrected chi connectivity index (χ0v) is 20.0. The maximum atomic E-state index is 14.4. The standard InChI is InChI=1S/C24H24F2N4O4S/c1-29(2)20(12-28-35(32)33)14-4-6-21(34-22-7-5-15(25)11-19(22)26)17(10-14)18-13-30(3)24(31)23-16(18)8-9-27-23/h4-11,13,20,27-28H,12H2,1-3H3,(H,32,33)/p-1. The van der Waals surface area contributed by atoms with Crippen LogP contribution in [0.3, 0.4) is 0 Å². The molecule has 0 aliphatic heterocycles. The summed E-state index contributed by atoms with van der Waals surface area (Å²) in [6.45, 7) is 0.113. The molecule has 0 saturated carbocycles. The average molecular weight is 502 g/mol. The Morgan fingerprint density at radius 3 is 2.57 bits per heavy atom. The molecule has 4 aromatic rings. The average Bonchev–Trinajstić information content (AvgIpc) is 3.29. The fraction of sp³-hybridized carbons (Fsp3) is 0.208. The Morgan fingerprint density at radius 2 is 1.89 bits per heavy atom. The van der Waals surface area contributed by atoms with Crippen molar-refractivity contribution in [2.24, 2.45) is 7.05 Å². The first-order valence-electron chi connectivity index (χ1n) is 10.6. The smallest absolute Gasteiger partial charge is 0.274 e. The van der Waals surface area contributed by atoms with Crippen LogP contribution in [-0.4, -0.2) is 43.9 Å². The Kier molecular flexibility index (Phi) is 7.13. The highest BCUT2D eigenvalue weighted by Gasteiger charge is 2.20. The third-order valence-electron chi connectivity index (χ3n) is 5.70. The van der Waals surface area contributed by atoms with Crippen LogP contribution in [0.5, 0.6) is 11.5 Å². The fourth-order valence-corrected chi connectivity index (χ4v) is 4.25. The molecule has 11 heteroatoms. The van der Waals surface area contributed by atoms with Crippen molar-refractivity contribution in [1.29, 1.82) is 0 Å². The van der Waals surface area contributed by atoms with Gasteiger partial charge in [-0.1, -0.05) is 6.07 Å². The number of nitrogens with zero attached hydrogens (tertiary/aromatic N) is 2. The van der Waals surface area contributed by atoms with E-state index < -0.39 is 22.9 Å². The maximum absolute atomic E-state index is 14.4. The number of likely N-dealkylation sites (N-methyl/N-ethyl adjacent to an activating group) is 1. The van der Waals surface area contributed by atoms with E-state index in [1.165, 1.54) is 10.6 Å². The summed E-state index contributed by atoms with van der Waals surface area (Å²) in [4.78, 5) is 17.4. The summed E-state index contributed by atoms with van der Waals surface area (Å²) >= 11 is -2.44. The molecule has 0 saturated heterocycles. The summed E-state index contributed by atoms with van der Waals surface area (Å²) in [6.07, 6.45) is 3.30. The minimum atomic E-state index is -2.44. The number of aromatic amines is 1. The van der Waals surface area contributed by atoms with Gasteiger partial charge in [-0.3, -0.25) is 9.00 Å². The zero-order valence-electron chi connectivity index (χ0n) is 19.2. The van der Waals surface area contributed by atoms with Gasteiger partial charge in [-0.05, 0) is 50.0 Å². The summed E-state index contributed by atoms with van der Waals surface area (Å²) < 4.78 is 59.7. The quantitative estimate of drug-likeness (QED) is 0.359. The summed E-state index contributed by atoms with van der Waals surface area (Å²) in [5.41, 5.74) is 2.11. The molecule has 2 aromatic carbocycles. The molecule has 0 aliphatic carbocycles. The number of halogens is 2. The van der Waals surface area contributed by atoms with Crippen LogP contribution < -0.4 is 15.0 Å². The van der Waals surface area contributed by atoms with E-state index >= 15 is 0 Å². The number of H-pyrrole nitrogens is 1. The van der Waals surface area contributed by atoms with Crippen LogP contribution >= 0.6 is 0 Å². The van der Waals surface area contributed by atoms with Crippen LogP contribution in [0, 0.1) is 11.6 Å². The largest absolute Gasteiger partial charge is 0.760 e. The Balaban J connectivity index is 1.91. The SMILES string of the molecule is CN(C)C(CNS(=O)[O-])c1ccc(Oc2ccc(F)cc2F)c(-c2cn(C)c(=O)c3[nH]ccc23)c1. The van der Waals surface area contributed by atoms with Gasteiger partial charge in [-0.15, -0.1) is 0 Å². The van der Waals surface area contributed by atoms with Crippen molar-refractivity contribution in [2.75, 3.05) is 20.6 Å². The molecule has 2 atom stereocenters. The molecule has 2 N–H and O–H groups in total. The van der Waals surface area contributed by atoms with Gasteiger partial charge in [0, 0.05) is 65.9 Å². The first-order valence-corrected chi connectivity index (χ1v) is 11.7. The van der Waals surface area contributed by atoms with Crippen LogP contribution in [0.2, 0.25) is 0 Å². The molecular weight excluding hydrogens is 478 g/mol. The Morgan fingerprint density at radius 1 is 1.14 bits per heavy atom. The van der Waals surface area contributed by atoms with Gasteiger partial charge in [-0.25, -0.2) is 13.5 Å². The highest BCUT2D eigenvalue weighted by atomic mass is 32.2. The molecule has 0 bridgehead atoms. The van der Waals surface area contributed by atoms with Crippen molar-refractivity contribution >= 4 is 22.2 Å². The van der Waals surface area contributed by atoms with Gasteiger partial charge in [0.2, 0.25) is 0 Å². The number of benzene rings is 2. The summed E-state index contributed by atoms with van der Waals surface area (Å²) in [5.74, 6) is -1.48. The minimum absolute atomic E-state index is 0.113. The highest BCUT2D eigenvalue weighted by molar-refractivity contribution is 7.77. The number of ether oxygens (including phenoxy) is 1. The molecule has 8 nitrogen and oxygen atoms in total. The van der Waals surface area contributed by atoms with Crippen LogP contribution in [-0.2, 0) is 18.3 Å². The molecule has 4 rings (SSSR count). The molecule has 2 aromatic heterocycles. The third kappa shape index (κ3) is 5.17. The van der Waals surface area contributed by atoms with E-state index in [2.05, 4.69) is 9.71 Å². The number of nitrogens with one attached hydrogen (secondary N) is 2. The fourth-order valence-electron chi connectivity index (χ4n) is 3.96. The lowest BCUT2D eigenvalue weighted by atomic mass is 9.97. The van der Waals surface area contributed by atoms with Crippen LogP contribution in [0.1, 0.15) is 11.6 Å². The second kappa shape index (κ2) is 10.1. The Bertz CT molecular complexity index is 1470. The van der Waals surface area contributed by atoms with E-state index in [1.807, 2.05) is 25.1 Å². The topological polar surface area (TPSA) is 102 Å². The maximum Gasteiger partial charge on any atom is 0.274 e. The molecule has 2 unspecified atom stereocenters. The summed E-state index contributed by atoms with van der Waals surface area (Å²) in [6, 6.07) is 9.65. The zero-order chi connectivity index (χ0) is 25.3. The lowest BCUT2D eigenvalue weighted by Crippen LogP contribution is -2.31.